The van der Waals surface area contributed by atoms with Gasteiger partial charge in [-0.05, 0) is 6.07 Å². The molecule has 116 valence electrons. The number of carbonyl (C=O) groups excluding carboxylic acids is 2. The van der Waals surface area contributed by atoms with Gasteiger partial charge in [-0.15, -0.1) is 0 Å². The van der Waals surface area contributed by atoms with Crippen molar-refractivity contribution in [2.24, 2.45) is 0 Å². The number of rotatable bonds is 0. The Balaban J connectivity index is 0.000000338. The monoisotopic (exact) mass is 322 g/mol. The van der Waals surface area contributed by atoms with Crippen molar-refractivity contribution < 1.29 is 26.9 Å². The van der Waals surface area contributed by atoms with Crippen molar-refractivity contribution in [2.45, 2.75) is 0 Å². The molecule has 0 aliphatic heterocycles. The van der Waals surface area contributed by atoms with Gasteiger partial charge in [0.25, 0.3) is 0 Å². The number of diazo groups is 1. The summed E-state index contributed by atoms with van der Waals surface area (Å²) in [4.78, 5) is 27.5. The van der Waals surface area contributed by atoms with E-state index in [0.29, 0.717) is 16.7 Å². The van der Waals surface area contributed by atoms with E-state index >= 15 is 0 Å². The van der Waals surface area contributed by atoms with E-state index in [4.69, 9.17) is 5.39 Å². The zero-order valence-electron chi connectivity index (χ0n) is 11.3. The molecule has 23 heavy (non-hydrogen) atoms. The summed E-state index contributed by atoms with van der Waals surface area (Å²) in [5.41, 5.74) is 1.71. The molecule has 0 bridgehead atoms. The number of carbonyl (C=O) groups is 2. The summed E-state index contributed by atoms with van der Waals surface area (Å²) < 4.78 is 39.0. The van der Waals surface area contributed by atoms with Gasteiger partial charge in [0.05, 0.1) is 0 Å². The molecule has 1 aliphatic rings. The molecule has 0 saturated heterocycles. The number of halogens is 4. The van der Waals surface area contributed by atoms with Gasteiger partial charge in [-0.3, -0.25) is 9.59 Å². The van der Waals surface area contributed by atoms with Crippen molar-refractivity contribution in [3.63, 3.8) is 0 Å². The highest BCUT2D eigenvalue weighted by atomic mass is 19.5. The topological polar surface area (TPSA) is 62.3 Å². The number of fused-ring (bicyclic) bond motifs is 2. The number of ketones is 2. The lowest BCUT2D eigenvalue weighted by Crippen LogP contribution is -2.20. The first-order valence-electron chi connectivity index (χ1n) is 6.27. The molecule has 0 unspecified atom stereocenters. The third-order valence-corrected chi connectivity index (χ3v) is 3.02. The molecule has 3 rings (SSSR count). The molecule has 0 N–H and O–H groups in total. The van der Waals surface area contributed by atoms with Gasteiger partial charge in [-0.2, -0.15) is 0 Å². The molecule has 0 atom stereocenters. The van der Waals surface area contributed by atoms with Crippen LogP contribution in [-0.4, -0.2) is 18.8 Å². The van der Waals surface area contributed by atoms with E-state index in [-0.39, 0.29) is 22.8 Å². The molecule has 1 aliphatic carbocycles. The van der Waals surface area contributed by atoms with Crippen LogP contribution in [0.3, 0.4) is 0 Å². The molecule has 4 nitrogen and oxygen atoms in total. The first kappa shape index (κ1) is 16.4. The van der Waals surface area contributed by atoms with Crippen molar-refractivity contribution >= 4 is 24.5 Å². The number of hydrogen-bond acceptors (Lipinski definition) is 3. The molecule has 0 fully saturated rings. The zero-order chi connectivity index (χ0) is 17.2. The summed E-state index contributed by atoms with van der Waals surface area (Å²) in [6.45, 7) is 0. The predicted molar refractivity (Wildman–Crippen MR) is 74.7 cm³/mol. The Labute approximate surface area is 127 Å². The normalized spacial score (nSPS) is 12.5. The summed E-state index contributed by atoms with van der Waals surface area (Å²) in [7, 11) is -6.00. The van der Waals surface area contributed by atoms with Crippen LogP contribution < -0.4 is 0 Å². The van der Waals surface area contributed by atoms with E-state index in [1.165, 1.54) is 18.2 Å². The van der Waals surface area contributed by atoms with Crippen LogP contribution in [0.4, 0.5) is 23.0 Å². The van der Waals surface area contributed by atoms with E-state index in [1.807, 2.05) is 0 Å². The molecule has 0 heterocycles. The van der Waals surface area contributed by atoms with Gasteiger partial charge in [-0.1, -0.05) is 24.3 Å². The Morgan fingerprint density at radius 3 is 1.70 bits per heavy atom. The van der Waals surface area contributed by atoms with E-state index in [0.717, 1.165) is 0 Å². The smallest absolute Gasteiger partial charge is 0.418 e. The van der Waals surface area contributed by atoms with Crippen LogP contribution in [0, 0.1) is 5.39 Å². The van der Waals surface area contributed by atoms with Crippen molar-refractivity contribution in [1.29, 1.82) is 5.39 Å². The first-order chi connectivity index (χ1) is 10.7. The van der Waals surface area contributed by atoms with Crippen molar-refractivity contribution in [3.8, 4) is 0 Å². The van der Waals surface area contributed by atoms with Crippen LogP contribution in [0.2, 0.25) is 0 Å². The minimum absolute atomic E-state index is 0.176. The summed E-state index contributed by atoms with van der Waals surface area (Å²) in [6, 6.07) is 11.1. The molecule has 0 aromatic heterocycles. The van der Waals surface area contributed by atoms with Crippen LogP contribution in [0.5, 0.6) is 0 Å². The van der Waals surface area contributed by atoms with Gasteiger partial charge < -0.3 is 17.3 Å². The lowest BCUT2D eigenvalue weighted by atomic mass is 9.84. The molecule has 9 heteroatoms. The van der Waals surface area contributed by atoms with Crippen LogP contribution in [-0.2, 0) is 0 Å². The highest BCUT2D eigenvalue weighted by molar-refractivity contribution is 6.50. The SMILES string of the molecule is F[B-](F)(F)F.N#[N+]c1ccc2c(c1)C(=O)c1ccccc1C2=O. The largest absolute Gasteiger partial charge is 0.673 e. The fourth-order valence-corrected chi connectivity index (χ4v) is 2.15. The van der Waals surface area contributed by atoms with E-state index in [1.54, 1.807) is 24.3 Å². The maximum atomic E-state index is 12.2. The Kier molecular flexibility index (Phi) is 4.27. The molecule has 0 saturated carbocycles. The number of benzene rings is 2. The minimum Gasteiger partial charge on any atom is -0.418 e. The van der Waals surface area contributed by atoms with Crippen LogP contribution >= 0.6 is 0 Å². The molecule has 0 radical (unpaired) electrons. The lowest BCUT2D eigenvalue weighted by molar-refractivity contribution is 0.0979. The third kappa shape index (κ3) is 3.60. The fourth-order valence-electron chi connectivity index (χ4n) is 2.15. The van der Waals surface area contributed by atoms with Gasteiger partial charge in [0.1, 0.15) is 0 Å². The van der Waals surface area contributed by atoms with E-state index in [9.17, 15) is 26.9 Å². The van der Waals surface area contributed by atoms with Gasteiger partial charge in [0.2, 0.25) is 5.39 Å². The summed E-state index contributed by atoms with van der Waals surface area (Å²) in [6.07, 6.45) is 0. The van der Waals surface area contributed by atoms with Gasteiger partial charge in [0.15, 0.2) is 16.5 Å². The minimum atomic E-state index is -6.00. The summed E-state index contributed by atoms with van der Waals surface area (Å²) in [5.74, 6) is -0.393. The maximum absolute atomic E-state index is 12.2. The molecule has 2 aromatic carbocycles. The second-order valence-corrected chi connectivity index (χ2v) is 4.53. The molecule has 0 spiro atoms. The fraction of sp³-hybridized carbons (Fsp3) is 0. The van der Waals surface area contributed by atoms with Crippen molar-refractivity contribution in [2.75, 3.05) is 0 Å². The zero-order valence-corrected chi connectivity index (χ0v) is 11.3. The van der Waals surface area contributed by atoms with Crippen molar-refractivity contribution in [3.05, 3.63) is 69.7 Å². The van der Waals surface area contributed by atoms with Crippen LogP contribution in [0.1, 0.15) is 31.8 Å². The third-order valence-electron chi connectivity index (χ3n) is 3.02. The van der Waals surface area contributed by atoms with Crippen LogP contribution in [0.25, 0.3) is 4.98 Å². The second kappa shape index (κ2) is 6.00. The second-order valence-electron chi connectivity index (χ2n) is 4.53. The first-order valence-corrected chi connectivity index (χ1v) is 6.27. The molecular weight excluding hydrogens is 315 g/mol. The highest BCUT2D eigenvalue weighted by Crippen LogP contribution is 2.29. The Morgan fingerprint density at radius 2 is 1.22 bits per heavy atom. The molecular formula is C14H7BF4N2O2. The van der Waals surface area contributed by atoms with Gasteiger partial charge in [0, 0.05) is 34.4 Å². The average molecular weight is 322 g/mol. The average Bonchev–Trinajstić information content (AvgIpc) is 2.50. The quantitative estimate of drug-likeness (QED) is 0.353. The molecule has 2 aromatic rings. The summed E-state index contributed by atoms with van der Waals surface area (Å²) in [5, 5.41) is 8.72. The Hall–Kier alpha value is -3.02. The van der Waals surface area contributed by atoms with Gasteiger partial charge >= 0.3 is 12.9 Å². The number of nitrogens with zero attached hydrogens (tertiary/aromatic N) is 2. The lowest BCUT2D eigenvalue weighted by Gasteiger charge is -2.15. The van der Waals surface area contributed by atoms with E-state index < -0.39 is 7.25 Å². The standard InChI is InChI=1S/C14H7N2O2.BF4/c15-16-8-5-6-11-12(7-8)14(18)10-4-2-1-3-9(10)13(11)17;2-1(3,4)5/h1-7H;/q+1;-1. The Morgan fingerprint density at radius 1 is 0.783 bits per heavy atom. The van der Waals surface area contributed by atoms with Gasteiger partial charge in [-0.25, -0.2) is 0 Å². The van der Waals surface area contributed by atoms with Crippen molar-refractivity contribution in [1.82, 2.24) is 0 Å². The van der Waals surface area contributed by atoms with Crippen LogP contribution in [0.15, 0.2) is 42.5 Å². The highest BCUT2D eigenvalue weighted by Gasteiger charge is 2.30. The molecule has 0 amide bonds. The summed E-state index contributed by atoms with van der Waals surface area (Å²) >= 11 is 0. The number of hydrogen-bond donors (Lipinski definition) is 0. The maximum Gasteiger partial charge on any atom is 0.673 e. The predicted octanol–water partition coefficient (Wildman–Crippen LogP) is 4.25. The Bertz CT molecular complexity index is 837. The van der Waals surface area contributed by atoms with E-state index in [2.05, 4.69) is 4.98 Å².